The molecule has 19 heavy (non-hydrogen) atoms. The Morgan fingerprint density at radius 3 is 2.58 bits per heavy atom. The summed E-state index contributed by atoms with van der Waals surface area (Å²) in [4.78, 5) is 27.7. The number of nitrogens with zero attached hydrogens (tertiary/aromatic N) is 2. The summed E-state index contributed by atoms with van der Waals surface area (Å²) in [5.41, 5.74) is 0. The number of piperidine rings is 1. The van der Waals surface area contributed by atoms with Crippen molar-refractivity contribution in [2.24, 2.45) is 5.92 Å². The Morgan fingerprint density at radius 2 is 2.00 bits per heavy atom. The van der Waals surface area contributed by atoms with Gasteiger partial charge in [-0.3, -0.25) is 14.5 Å². The number of hydrogen-bond acceptors (Lipinski definition) is 4. The van der Waals surface area contributed by atoms with Gasteiger partial charge in [-0.15, -0.1) is 0 Å². The molecule has 2 aliphatic rings. The van der Waals surface area contributed by atoms with Gasteiger partial charge in [-0.1, -0.05) is 0 Å². The first-order chi connectivity index (χ1) is 9.20. The van der Waals surface area contributed by atoms with E-state index in [0.717, 1.165) is 52.1 Å². The summed E-state index contributed by atoms with van der Waals surface area (Å²) in [5.74, 6) is 0.474. The molecule has 0 aromatic rings. The summed E-state index contributed by atoms with van der Waals surface area (Å²) in [6, 6.07) is 0. The fourth-order valence-electron chi connectivity index (χ4n) is 2.73. The van der Waals surface area contributed by atoms with E-state index >= 15 is 0 Å². The fourth-order valence-corrected chi connectivity index (χ4v) is 2.73. The molecule has 2 aliphatic heterocycles. The van der Waals surface area contributed by atoms with E-state index in [2.05, 4.69) is 15.5 Å². The van der Waals surface area contributed by atoms with Crippen molar-refractivity contribution >= 4 is 11.8 Å². The normalized spacial score (nSPS) is 25.1. The zero-order valence-electron chi connectivity index (χ0n) is 11.7. The van der Waals surface area contributed by atoms with Crippen LogP contribution in [-0.2, 0) is 9.59 Å². The second kappa shape index (κ2) is 6.86. The van der Waals surface area contributed by atoms with Crippen LogP contribution < -0.4 is 10.6 Å². The molecule has 0 aromatic heterocycles. The number of amides is 2. The average molecular weight is 268 g/mol. The van der Waals surface area contributed by atoms with E-state index in [0.29, 0.717) is 6.54 Å². The average Bonchev–Trinajstić information content (AvgIpc) is 2.48. The Kier molecular flexibility index (Phi) is 5.15. The first-order valence-electron chi connectivity index (χ1n) is 7.13. The van der Waals surface area contributed by atoms with Gasteiger partial charge < -0.3 is 15.5 Å². The van der Waals surface area contributed by atoms with Gasteiger partial charge in [-0.25, -0.2) is 0 Å². The van der Waals surface area contributed by atoms with Crippen LogP contribution in [0.25, 0.3) is 0 Å². The van der Waals surface area contributed by atoms with Crippen molar-refractivity contribution in [1.29, 1.82) is 0 Å². The van der Waals surface area contributed by atoms with E-state index in [1.807, 2.05) is 4.90 Å². The molecule has 0 radical (unpaired) electrons. The van der Waals surface area contributed by atoms with Crippen molar-refractivity contribution in [3.63, 3.8) is 0 Å². The van der Waals surface area contributed by atoms with Gasteiger partial charge in [0, 0.05) is 39.8 Å². The van der Waals surface area contributed by atoms with Crippen LogP contribution in [0.2, 0.25) is 0 Å². The highest BCUT2D eigenvalue weighted by Gasteiger charge is 2.28. The molecule has 0 unspecified atom stereocenters. The van der Waals surface area contributed by atoms with Crippen molar-refractivity contribution in [2.45, 2.75) is 12.8 Å². The van der Waals surface area contributed by atoms with Crippen molar-refractivity contribution in [2.75, 3.05) is 52.9 Å². The van der Waals surface area contributed by atoms with Gasteiger partial charge in [0.15, 0.2) is 0 Å². The van der Waals surface area contributed by atoms with Crippen LogP contribution in [0.4, 0.5) is 0 Å². The van der Waals surface area contributed by atoms with Crippen LogP contribution in [0.1, 0.15) is 12.8 Å². The van der Waals surface area contributed by atoms with E-state index < -0.39 is 0 Å². The van der Waals surface area contributed by atoms with Crippen LogP contribution in [0.15, 0.2) is 0 Å². The molecule has 0 saturated carbocycles. The zero-order valence-corrected chi connectivity index (χ0v) is 11.7. The Bertz CT molecular complexity index is 321. The van der Waals surface area contributed by atoms with Gasteiger partial charge in [-0.2, -0.15) is 0 Å². The molecule has 0 aromatic carbocycles. The van der Waals surface area contributed by atoms with E-state index in [-0.39, 0.29) is 17.7 Å². The van der Waals surface area contributed by atoms with Gasteiger partial charge in [0.1, 0.15) is 0 Å². The van der Waals surface area contributed by atoms with Crippen LogP contribution in [0.3, 0.4) is 0 Å². The van der Waals surface area contributed by atoms with Gasteiger partial charge in [0.2, 0.25) is 11.8 Å². The summed E-state index contributed by atoms with van der Waals surface area (Å²) in [6.45, 7) is 5.35. The first-order valence-corrected chi connectivity index (χ1v) is 7.13. The van der Waals surface area contributed by atoms with Crippen molar-refractivity contribution in [1.82, 2.24) is 20.4 Å². The van der Waals surface area contributed by atoms with Gasteiger partial charge in [-0.05, 0) is 19.4 Å². The molecule has 2 amide bonds. The smallest absolute Gasteiger partial charge is 0.233 e. The minimum atomic E-state index is 0.0382. The number of carbonyl (C=O) groups is 2. The van der Waals surface area contributed by atoms with E-state index in [4.69, 9.17) is 0 Å². The first kappa shape index (κ1) is 14.3. The maximum Gasteiger partial charge on any atom is 0.233 e. The molecular formula is C13H24N4O2. The lowest BCUT2D eigenvalue weighted by molar-refractivity contribution is -0.138. The van der Waals surface area contributed by atoms with Crippen LogP contribution >= 0.6 is 0 Å². The number of nitrogens with one attached hydrogen (secondary N) is 2. The topological polar surface area (TPSA) is 64.7 Å². The van der Waals surface area contributed by atoms with E-state index in [1.54, 1.807) is 7.05 Å². The quantitative estimate of drug-likeness (QED) is 0.680. The van der Waals surface area contributed by atoms with Crippen LogP contribution in [0.5, 0.6) is 0 Å². The Hall–Kier alpha value is -1.14. The van der Waals surface area contributed by atoms with Gasteiger partial charge in [0.05, 0.1) is 12.5 Å². The lowest BCUT2D eigenvalue weighted by Gasteiger charge is -2.36. The molecule has 2 rings (SSSR count). The lowest BCUT2D eigenvalue weighted by Crippen LogP contribution is -2.53. The highest BCUT2D eigenvalue weighted by atomic mass is 16.2. The Morgan fingerprint density at radius 1 is 1.26 bits per heavy atom. The van der Waals surface area contributed by atoms with Gasteiger partial charge >= 0.3 is 0 Å². The summed E-state index contributed by atoms with van der Waals surface area (Å²) in [6.07, 6.45) is 2.09. The lowest BCUT2D eigenvalue weighted by atomic mass is 9.98. The maximum atomic E-state index is 12.3. The van der Waals surface area contributed by atoms with Gasteiger partial charge in [0.25, 0.3) is 0 Å². The van der Waals surface area contributed by atoms with E-state index in [1.165, 1.54) is 0 Å². The molecule has 1 atom stereocenters. The van der Waals surface area contributed by atoms with Crippen LogP contribution in [-0.4, -0.2) is 74.5 Å². The van der Waals surface area contributed by atoms with Crippen molar-refractivity contribution < 1.29 is 9.59 Å². The summed E-state index contributed by atoms with van der Waals surface area (Å²) < 4.78 is 0. The molecule has 2 fully saturated rings. The SMILES string of the molecule is CNC(=O)CN1CCN(C(=O)[C@@H]2CCCNC2)CC1. The number of carbonyl (C=O) groups excluding carboxylic acids is 2. The van der Waals surface area contributed by atoms with Crippen molar-refractivity contribution in [3.05, 3.63) is 0 Å². The van der Waals surface area contributed by atoms with E-state index in [9.17, 15) is 9.59 Å². The second-order valence-corrected chi connectivity index (χ2v) is 5.32. The third-order valence-electron chi connectivity index (χ3n) is 3.98. The molecule has 0 bridgehead atoms. The molecular weight excluding hydrogens is 244 g/mol. The Balaban J connectivity index is 1.76. The largest absolute Gasteiger partial charge is 0.358 e. The minimum Gasteiger partial charge on any atom is -0.358 e. The molecule has 2 N–H and O–H groups in total. The number of likely N-dealkylation sites (N-methyl/N-ethyl adjacent to an activating group) is 1. The minimum absolute atomic E-state index is 0.0382. The fraction of sp³-hybridized carbons (Fsp3) is 0.846. The molecule has 6 heteroatoms. The third-order valence-corrected chi connectivity index (χ3v) is 3.98. The monoisotopic (exact) mass is 268 g/mol. The number of hydrogen-bond donors (Lipinski definition) is 2. The predicted octanol–water partition coefficient (Wildman–Crippen LogP) is -1.12. The number of rotatable bonds is 3. The molecule has 6 nitrogen and oxygen atoms in total. The summed E-state index contributed by atoms with van der Waals surface area (Å²) in [7, 11) is 1.65. The number of piperazine rings is 1. The highest BCUT2D eigenvalue weighted by Crippen LogP contribution is 2.14. The maximum absolute atomic E-state index is 12.3. The second-order valence-electron chi connectivity index (χ2n) is 5.32. The summed E-state index contributed by atoms with van der Waals surface area (Å²) >= 11 is 0. The van der Waals surface area contributed by atoms with Crippen molar-refractivity contribution in [3.8, 4) is 0 Å². The standard InChI is InChI=1S/C13H24N4O2/c1-14-12(18)10-16-5-7-17(8-6-16)13(19)11-3-2-4-15-9-11/h11,15H,2-10H2,1H3,(H,14,18)/t11-/m1/s1. The Labute approximate surface area is 114 Å². The molecule has 0 aliphatic carbocycles. The predicted molar refractivity (Wildman–Crippen MR) is 72.7 cm³/mol. The molecule has 2 saturated heterocycles. The summed E-state index contributed by atoms with van der Waals surface area (Å²) in [5, 5.41) is 5.92. The molecule has 0 spiro atoms. The zero-order chi connectivity index (χ0) is 13.7. The van der Waals surface area contributed by atoms with Crippen LogP contribution in [0, 0.1) is 5.92 Å². The third kappa shape index (κ3) is 3.91. The molecule has 2 heterocycles. The molecule has 108 valence electrons. The highest BCUT2D eigenvalue weighted by molar-refractivity contribution is 5.79.